The fraction of sp³-hybridized carbons (Fsp3) is 0.875. The summed E-state index contributed by atoms with van der Waals surface area (Å²) in [6.07, 6.45) is 7.58. The van der Waals surface area contributed by atoms with Crippen LogP contribution in [0.4, 0.5) is 0 Å². The number of methoxy groups -OCH3 is 1. The summed E-state index contributed by atoms with van der Waals surface area (Å²) in [5, 5.41) is 0. The van der Waals surface area contributed by atoms with Crippen LogP contribution in [0.2, 0.25) is 0 Å². The largest absolute Gasteiger partial charge is 0.355 e. The fourth-order valence-electron chi connectivity index (χ4n) is 5.06. The van der Waals surface area contributed by atoms with E-state index in [0.29, 0.717) is 5.41 Å². The number of fused-ring (bicyclic) bond motifs is 1. The lowest BCUT2D eigenvalue weighted by atomic mass is 9.62. The lowest BCUT2D eigenvalue weighted by Gasteiger charge is -2.44. The summed E-state index contributed by atoms with van der Waals surface area (Å²) >= 11 is 0. The summed E-state index contributed by atoms with van der Waals surface area (Å²) in [5.41, 5.74) is 2.14. The van der Waals surface area contributed by atoms with Crippen LogP contribution in [0, 0.1) is 22.7 Å². The molecule has 4 atom stereocenters. The first-order chi connectivity index (χ1) is 8.51. The molecule has 2 nitrogen and oxygen atoms in total. The maximum absolute atomic E-state index is 5.87. The van der Waals surface area contributed by atoms with Crippen molar-refractivity contribution >= 4 is 0 Å². The molecule has 1 saturated carbocycles. The van der Waals surface area contributed by atoms with Gasteiger partial charge < -0.3 is 9.47 Å². The second-order valence-electron chi connectivity index (χ2n) is 7.09. The van der Waals surface area contributed by atoms with Crippen molar-refractivity contribution in [3.63, 3.8) is 0 Å². The maximum atomic E-state index is 5.87. The van der Waals surface area contributed by atoms with E-state index in [1.165, 1.54) is 25.7 Å². The number of ether oxygens (including phenoxy) is 2. The lowest BCUT2D eigenvalue weighted by molar-refractivity contribution is -0.170. The first kappa shape index (κ1) is 12.7. The summed E-state index contributed by atoms with van der Waals surface area (Å²) < 4.78 is 11.5. The Hall–Kier alpha value is -0.340. The normalized spacial score (nSPS) is 46.2. The van der Waals surface area contributed by atoms with Crippen molar-refractivity contribution in [3.05, 3.63) is 11.6 Å². The Balaban J connectivity index is 1.98. The van der Waals surface area contributed by atoms with Crippen molar-refractivity contribution in [2.75, 3.05) is 13.7 Å². The maximum Gasteiger partial charge on any atom is 0.163 e. The molecule has 2 heteroatoms. The van der Waals surface area contributed by atoms with E-state index < -0.39 is 0 Å². The highest BCUT2D eigenvalue weighted by molar-refractivity contribution is 5.18. The topological polar surface area (TPSA) is 18.5 Å². The molecule has 0 aromatic carbocycles. The van der Waals surface area contributed by atoms with E-state index in [-0.39, 0.29) is 11.7 Å². The van der Waals surface area contributed by atoms with Crippen LogP contribution >= 0.6 is 0 Å². The minimum atomic E-state index is 0.00630. The van der Waals surface area contributed by atoms with Gasteiger partial charge in [0.1, 0.15) is 0 Å². The van der Waals surface area contributed by atoms with Gasteiger partial charge in [0.2, 0.25) is 0 Å². The third-order valence-corrected chi connectivity index (χ3v) is 6.16. The summed E-state index contributed by atoms with van der Waals surface area (Å²) in [4.78, 5) is 0. The number of rotatable bonds is 1. The second kappa shape index (κ2) is 4.08. The van der Waals surface area contributed by atoms with Crippen molar-refractivity contribution < 1.29 is 9.47 Å². The Labute approximate surface area is 111 Å². The van der Waals surface area contributed by atoms with Gasteiger partial charge in [-0.2, -0.15) is 0 Å². The molecule has 0 bridgehead atoms. The summed E-state index contributed by atoms with van der Waals surface area (Å²) in [6.45, 7) is 8.05. The molecule has 0 amide bonds. The number of hydrogen-bond acceptors (Lipinski definition) is 2. The zero-order valence-electron chi connectivity index (χ0n) is 12.2. The SMILES string of the molecule is CO[C@@H]1OCC[C@]12C[C@H]1C=C(C)CC[C@H]1C2(C)C. The third-order valence-electron chi connectivity index (χ3n) is 6.16. The molecule has 1 saturated heterocycles. The van der Waals surface area contributed by atoms with Gasteiger partial charge in [-0.05, 0) is 49.9 Å². The molecular formula is C16H26O2. The van der Waals surface area contributed by atoms with Gasteiger partial charge in [0.25, 0.3) is 0 Å². The van der Waals surface area contributed by atoms with E-state index in [9.17, 15) is 0 Å². The zero-order valence-corrected chi connectivity index (χ0v) is 12.2. The number of allylic oxidation sites excluding steroid dienone is 2. The first-order valence-corrected chi connectivity index (χ1v) is 7.33. The van der Waals surface area contributed by atoms with Crippen LogP contribution in [-0.4, -0.2) is 20.0 Å². The molecule has 0 unspecified atom stereocenters. The minimum absolute atomic E-state index is 0.00630. The molecule has 1 spiro atoms. The second-order valence-corrected chi connectivity index (χ2v) is 7.09. The molecule has 0 radical (unpaired) electrons. The van der Waals surface area contributed by atoms with Crippen molar-refractivity contribution in [1.82, 2.24) is 0 Å². The predicted octanol–water partition coefficient (Wildman–Crippen LogP) is 3.77. The average Bonchev–Trinajstić information content (AvgIpc) is 2.81. The summed E-state index contributed by atoms with van der Waals surface area (Å²) in [5.74, 6) is 1.55. The molecule has 3 rings (SSSR count). The molecule has 0 aromatic heterocycles. The highest BCUT2D eigenvalue weighted by Crippen LogP contribution is 2.66. The quantitative estimate of drug-likeness (QED) is 0.660. The zero-order chi connectivity index (χ0) is 13.0. The summed E-state index contributed by atoms with van der Waals surface area (Å²) in [7, 11) is 1.80. The van der Waals surface area contributed by atoms with Gasteiger partial charge in [0, 0.05) is 12.5 Å². The Kier molecular flexibility index (Phi) is 2.87. The summed E-state index contributed by atoms with van der Waals surface area (Å²) in [6, 6.07) is 0. The van der Waals surface area contributed by atoms with Crippen molar-refractivity contribution in [1.29, 1.82) is 0 Å². The van der Waals surface area contributed by atoms with Crippen molar-refractivity contribution in [2.45, 2.75) is 52.7 Å². The van der Waals surface area contributed by atoms with E-state index in [2.05, 4.69) is 26.8 Å². The molecule has 3 aliphatic rings. The molecule has 0 aromatic rings. The fourth-order valence-corrected chi connectivity index (χ4v) is 5.06. The van der Waals surface area contributed by atoms with Crippen molar-refractivity contribution in [3.8, 4) is 0 Å². The van der Waals surface area contributed by atoms with Crippen LogP contribution < -0.4 is 0 Å². The molecule has 0 N–H and O–H groups in total. The Morgan fingerprint density at radius 1 is 1.39 bits per heavy atom. The van der Waals surface area contributed by atoms with Crippen molar-refractivity contribution in [2.24, 2.45) is 22.7 Å². The van der Waals surface area contributed by atoms with Gasteiger partial charge in [-0.25, -0.2) is 0 Å². The molecule has 102 valence electrons. The minimum Gasteiger partial charge on any atom is -0.355 e. The molecule has 18 heavy (non-hydrogen) atoms. The van der Waals surface area contributed by atoms with E-state index in [4.69, 9.17) is 9.47 Å². The molecule has 1 aliphatic heterocycles. The monoisotopic (exact) mass is 250 g/mol. The van der Waals surface area contributed by atoms with Crippen LogP contribution in [0.5, 0.6) is 0 Å². The van der Waals surface area contributed by atoms with Crippen LogP contribution in [0.3, 0.4) is 0 Å². The van der Waals surface area contributed by atoms with Gasteiger partial charge in [-0.15, -0.1) is 0 Å². The van der Waals surface area contributed by atoms with E-state index >= 15 is 0 Å². The highest BCUT2D eigenvalue weighted by Gasteiger charge is 2.63. The average molecular weight is 250 g/mol. The molecular weight excluding hydrogens is 224 g/mol. The van der Waals surface area contributed by atoms with Gasteiger partial charge in [-0.1, -0.05) is 25.5 Å². The highest BCUT2D eigenvalue weighted by atomic mass is 16.7. The van der Waals surface area contributed by atoms with Gasteiger partial charge in [0.05, 0.1) is 6.61 Å². The Morgan fingerprint density at radius 2 is 2.17 bits per heavy atom. The van der Waals surface area contributed by atoms with Crippen LogP contribution in [0.15, 0.2) is 11.6 Å². The Bertz CT molecular complexity index is 371. The van der Waals surface area contributed by atoms with Gasteiger partial charge in [0.15, 0.2) is 6.29 Å². The molecule has 2 fully saturated rings. The predicted molar refractivity (Wildman–Crippen MR) is 72.2 cm³/mol. The van der Waals surface area contributed by atoms with Gasteiger partial charge >= 0.3 is 0 Å². The molecule has 2 aliphatic carbocycles. The third kappa shape index (κ3) is 1.48. The molecule has 1 heterocycles. The Morgan fingerprint density at radius 3 is 2.89 bits per heavy atom. The standard InChI is InChI=1S/C16H26O2/c1-11-5-6-13-12(9-11)10-16(15(13,2)3)7-8-18-14(16)17-4/h9,12-14H,5-8,10H2,1-4H3/t12-,13-,14-,16+/m1/s1. The smallest absolute Gasteiger partial charge is 0.163 e. The first-order valence-electron chi connectivity index (χ1n) is 7.33. The van der Waals surface area contributed by atoms with E-state index in [1.54, 1.807) is 12.7 Å². The van der Waals surface area contributed by atoms with Gasteiger partial charge in [-0.3, -0.25) is 0 Å². The van der Waals surface area contributed by atoms with Crippen LogP contribution in [-0.2, 0) is 9.47 Å². The van der Waals surface area contributed by atoms with E-state index in [0.717, 1.165) is 18.4 Å². The van der Waals surface area contributed by atoms with E-state index in [1.807, 2.05) is 0 Å². The van der Waals surface area contributed by atoms with Crippen LogP contribution in [0.25, 0.3) is 0 Å². The van der Waals surface area contributed by atoms with Crippen LogP contribution in [0.1, 0.15) is 46.5 Å². The lowest BCUT2D eigenvalue weighted by Crippen LogP contribution is -2.43. The number of hydrogen-bond donors (Lipinski definition) is 0.